The van der Waals surface area contributed by atoms with Crippen LogP contribution < -0.4 is 5.32 Å². The molecule has 1 N–H and O–H groups in total. The predicted molar refractivity (Wildman–Crippen MR) is 79.0 cm³/mol. The second-order valence-electron chi connectivity index (χ2n) is 4.61. The summed E-state index contributed by atoms with van der Waals surface area (Å²) in [5.41, 5.74) is 3.70. The molecule has 0 radical (unpaired) electrons. The summed E-state index contributed by atoms with van der Waals surface area (Å²) in [6.07, 6.45) is 0. The van der Waals surface area contributed by atoms with Crippen LogP contribution in [0.4, 0.5) is 4.39 Å². The molecule has 3 heteroatoms. The molecule has 0 aliphatic heterocycles. The first-order chi connectivity index (χ1) is 9.10. The number of hydrogen-bond acceptors (Lipinski definition) is 1. The lowest BCUT2D eigenvalue weighted by atomic mass is 10.0. The zero-order chi connectivity index (χ0) is 13.8. The number of rotatable bonds is 4. The van der Waals surface area contributed by atoms with Crippen LogP contribution in [0.15, 0.2) is 36.4 Å². The van der Waals surface area contributed by atoms with Crippen LogP contribution in [0.1, 0.15) is 18.1 Å². The van der Waals surface area contributed by atoms with E-state index >= 15 is 0 Å². The number of hydrogen-bond donors (Lipinski definition) is 1. The zero-order valence-corrected chi connectivity index (χ0v) is 11.9. The van der Waals surface area contributed by atoms with Crippen molar-refractivity contribution in [2.75, 3.05) is 6.54 Å². The van der Waals surface area contributed by atoms with Crippen molar-refractivity contribution in [1.29, 1.82) is 0 Å². The van der Waals surface area contributed by atoms with Gasteiger partial charge in [-0.05, 0) is 48.4 Å². The summed E-state index contributed by atoms with van der Waals surface area (Å²) in [6.45, 7) is 5.65. The third-order valence-corrected chi connectivity index (χ3v) is 3.28. The summed E-state index contributed by atoms with van der Waals surface area (Å²) in [5, 5.41) is 3.90. The Morgan fingerprint density at radius 2 is 1.95 bits per heavy atom. The number of aryl methyl sites for hydroxylation is 1. The summed E-state index contributed by atoms with van der Waals surface area (Å²) in [7, 11) is 0. The Bertz CT molecular complexity index is 561. The first-order valence-electron chi connectivity index (χ1n) is 6.37. The molecule has 0 saturated heterocycles. The second-order valence-corrected chi connectivity index (χ2v) is 5.02. The van der Waals surface area contributed by atoms with Crippen LogP contribution in [0.2, 0.25) is 5.02 Å². The van der Waals surface area contributed by atoms with E-state index in [-0.39, 0.29) is 5.82 Å². The quantitative estimate of drug-likeness (QED) is 0.864. The van der Waals surface area contributed by atoms with Crippen LogP contribution in [0.25, 0.3) is 11.1 Å². The van der Waals surface area contributed by atoms with Gasteiger partial charge in [-0.3, -0.25) is 0 Å². The van der Waals surface area contributed by atoms with Crippen molar-refractivity contribution in [2.45, 2.75) is 20.4 Å². The van der Waals surface area contributed by atoms with E-state index < -0.39 is 0 Å². The lowest BCUT2D eigenvalue weighted by molar-refractivity contribution is 0.627. The summed E-state index contributed by atoms with van der Waals surface area (Å²) < 4.78 is 13.4. The van der Waals surface area contributed by atoms with Gasteiger partial charge in [0.15, 0.2) is 0 Å². The third kappa shape index (κ3) is 3.55. The van der Waals surface area contributed by atoms with Gasteiger partial charge in [0, 0.05) is 17.1 Å². The number of halogens is 2. The van der Waals surface area contributed by atoms with E-state index in [0.29, 0.717) is 5.02 Å². The molecule has 2 aromatic carbocycles. The molecule has 100 valence electrons. The summed E-state index contributed by atoms with van der Waals surface area (Å²) in [4.78, 5) is 0. The fraction of sp³-hybridized carbons (Fsp3) is 0.250. The van der Waals surface area contributed by atoms with Crippen LogP contribution in [0, 0.1) is 12.7 Å². The largest absolute Gasteiger partial charge is 0.313 e. The summed E-state index contributed by atoms with van der Waals surface area (Å²) in [5.74, 6) is -0.234. The molecule has 0 fully saturated rings. The molecule has 2 aromatic rings. The highest BCUT2D eigenvalue weighted by atomic mass is 35.5. The predicted octanol–water partition coefficient (Wildman–Crippen LogP) is 4.56. The standard InChI is InChI=1S/C16H17ClFN/c1-3-19-10-12-4-5-15(16(17)8-12)13-6-11(2)7-14(18)9-13/h4-9,19H,3,10H2,1-2H3. The number of benzene rings is 2. The van der Waals surface area contributed by atoms with E-state index in [1.165, 1.54) is 12.1 Å². The Kier molecular flexibility index (Phi) is 4.56. The lowest BCUT2D eigenvalue weighted by Crippen LogP contribution is -2.11. The van der Waals surface area contributed by atoms with Gasteiger partial charge in [-0.15, -0.1) is 0 Å². The summed E-state index contributed by atoms with van der Waals surface area (Å²) >= 11 is 6.30. The van der Waals surface area contributed by atoms with Gasteiger partial charge in [-0.25, -0.2) is 4.39 Å². The van der Waals surface area contributed by atoms with Crippen LogP contribution in [0.3, 0.4) is 0 Å². The minimum atomic E-state index is -0.234. The Hall–Kier alpha value is -1.38. The minimum absolute atomic E-state index is 0.234. The monoisotopic (exact) mass is 277 g/mol. The topological polar surface area (TPSA) is 12.0 Å². The molecule has 19 heavy (non-hydrogen) atoms. The Morgan fingerprint density at radius 1 is 1.16 bits per heavy atom. The van der Waals surface area contributed by atoms with Gasteiger partial charge in [0.1, 0.15) is 5.82 Å². The fourth-order valence-corrected chi connectivity index (χ4v) is 2.38. The molecular formula is C16H17ClFN. The van der Waals surface area contributed by atoms with E-state index in [1.807, 2.05) is 31.2 Å². The van der Waals surface area contributed by atoms with E-state index in [9.17, 15) is 4.39 Å². The first-order valence-corrected chi connectivity index (χ1v) is 6.74. The molecule has 0 heterocycles. The maximum Gasteiger partial charge on any atom is 0.124 e. The van der Waals surface area contributed by atoms with Gasteiger partial charge < -0.3 is 5.32 Å². The molecule has 0 aliphatic rings. The zero-order valence-electron chi connectivity index (χ0n) is 11.1. The smallest absolute Gasteiger partial charge is 0.124 e. The van der Waals surface area contributed by atoms with Gasteiger partial charge in [0.05, 0.1) is 0 Å². The summed E-state index contributed by atoms with van der Waals surface area (Å²) in [6, 6.07) is 10.9. The molecule has 0 atom stereocenters. The molecule has 1 nitrogen and oxygen atoms in total. The maximum atomic E-state index is 13.4. The second kappa shape index (κ2) is 6.18. The average Bonchev–Trinajstić information content (AvgIpc) is 2.35. The van der Waals surface area contributed by atoms with Crippen molar-refractivity contribution in [2.24, 2.45) is 0 Å². The molecule has 0 aromatic heterocycles. The van der Waals surface area contributed by atoms with Crippen LogP contribution in [-0.2, 0) is 6.54 Å². The molecule has 0 bridgehead atoms. The van der Waals surface area contributed by atoms with Crippen molar-refractivity contribution in [1.82, 2.24) is 5.32 Å². The van der Waals surface area contributed by atoms with Crippen molar-refractivity contribution in [3.8, 4) is 11.1 Å². The van der Waals surface area contributed by atoms with Crippen molar-refractivity contribution >= 4 is 11.6 Å². The molecule has 0 saturated carbocycles. The highest BCUT2D eigenvalue weighted by Crippen LogP contribution is 2.30. The molecule has 0 aliphatic carbocycles. The van der Waals surface area contributed by atoms with Gasteiger partial charge in [-0.1, -0.05) is 36.7 Å². The van der Waals surface area contributed by atoms with Crippen molar-refractivity contribution < 1.29 is 4.39 Å². The molecule has 0 amide bonds. The molecular weight excluding hydrogens is 261 g/mol. The Balaban J connectivity index is 2.34. The van der Waals surface area contributed by atoms with Crippen LogP contribution in [0.5, 0.6) is 0 Å². The minimum Gasteiger partial charge on any atom is -0.313 e. The van der Waals surface area contributed by atoms with Crippen molar-refractivity contribution in [3.05, 3.63) is 58.4 Å². The van der Waals surface area contributed by atoms with Gasteiger partial charge >= 0.3 is 0 Å². The maximum absolute atomic E-state index is 13.4. The van der Waals surface area contributed by atoms with E-state index in [1.54, 1.807) is 0 Å². The van der Waals surface area contributed by atoms with Gasteiger partial charge in [-0.2, -0.15) is 0 Å². The van der Waals surface area contributed by atoms with E-state index in [4.69, 9.17) is 11.6 Å². The Morgan fingerprint density at radius 3 is 2.58 bits per heavy atom. The highest BCUT2D eigenvalue weighted by molar-refractivity contribution is 6.33. The number of nitrogens with one attached hydrogen (secondary N) is 1. The normalized spacial score (nSPS) is 10.7. The highest BCUT2D eigenvalue weighted by Gasteiger charge is 2.06. The van der Waals surface area contributed by atoms with Crippen LogP contribution >= 0.6 is 11.6 Å². The first kappa shape index (κ1) is 14.0. The SMILES string of the molecule is CCNCc1ccc(-c2cc(C)cc(F)c2)c(Cl)c1. The fourth-order valence-electron chi connectivity index (χ4n) is 2.06. The van der Waals surface area contributed by atoms with Crippen molar-refractivity contribution in [3.63, 3.8) is 0 Å². The van der Waals surface area contributed by atoms with Crippen LogP contribution in [-0.4, -0.2) is 6.54 Å². The third-order valence-electron chi connectivity index (χ3n) is 2.97. The van der Waals surface area contributed by atoms with Gasteiger partial charge in [0.25, 0.3) is 0 Å². The molecule has 2 rings (SSSR count). The average molecular weight is 278 g/mol. The Labute approximate surface area is 118 Å². The van der Waals surface area contributed by atoms with E-state index in [0.717, 1.165) is 35.3 Å². The molecule has 0 spiro atoms. The molecule has 0 unspecified atom stereocenters. The lowest BCUT2D eigenvalue weighted by Gasteiger charge is -2.09. The van der Waals surface area contributed by atoms with E-state index in [2.05, 4.69) is 12.2 Å². The van der Waals surface area contributed by atoms with Gasteiger partial charge in [0.2, 0.25) is 0 Å².